The summed E-state index contributed by atoms with van der Waals surface area (Å²) in [6.07, 6.45) is 1.60. The summed E-state index contributed by atoms with van der Waals surface area (Å²) in [5.41, 5.74) is 1.59. The van der Waals surface area contributed by atoms with Crippen LogP contribution in [-0.4, -0.2) is 55.1 Å². The van der Waals surface area contributed by atoms with Gasteiger partial charge in [0.05, 0.1) is 18.4 Å². The molecule has 0 radical (unpaired) electrons. The van der Waals surface area contributed by atoms with E-state index in [2.05, 4.69) is 15.6 Å². The van der Waals surface area contributed by atoms with Gasteiger partial charge in [0.2, 0.25) is 5.91 Å². The molecule has 4 rings (SSSR count). The summed E-state index contributed by atoms with van der Waals surface area (Å²) in [7, 11) is 1.57. The molecule has 0 saturated heterocycles. The lowest BCUT2D eigenvalue weighted by atomic mass is 10.2. The number of nitrogens with one attached hydrogen (secondary N) is 2. The van der Waals surface area contributed by atoms with Gasteiger partial charge in [-0.25, -0.2) is 4.98 Å². The zero-order chi connectivity index (χ0) is 23.9. The van der Waals surface area contributed by atoms with Gasteiger partial charge in [0, 0.05) is 24.5 Å². The highest BCUT2D eigenvalue weighted by Crippen LogP contribution is 2.32. The van der Waals surface area contributed by atoms with Crippen LogP contribution < -0.4 is 24.8 Å². The van der Waals surface area contributed by atoms with Gasteiger partial charge in [0.1, 0.15) is 31.3 Å². The second kappa shape index (κ2) is 10.6. The number of rotatable bonds is 8. The number of anilines is 3. The maximum absolute atomic E-state index is 13.3. The molecule has 0 spiro atoms. The van der Waals surface area contributed by atoms with Crippen molar-refractivity contribution in [3.8, 4) is 17.2 Å². The van der Waals surface area contributed by atoms with Crippen molar-refractivity contribution in [3.05, 3.63) is 66.4 Å². The van der Waals surface area contributed by atoms with Gasteiger partial charge in [-0.15, -0.1) is 0 Å². The minimum absolute atomic E-state index is 0.118. The number of methoxy groups -OCH3 is 1. The van der Waals surface area contributed by atoms with E-state index in [0.29, 0.717) is 59.8 Å². The van der Waals surface area contributed by atoms with Gasteiger partial charge >= 0.3 is 0 Å². The van der Waals surface area contributed by atoms with E-state index < -0.39 is 0 Å². The second-order valence-electron chi connectivity index (χ2n) is 7.45. The molecule has 2 N–H and O–H groups in total. The molecule has 9 heteroatoms. The van der Waals surface area contributed by atoms with Crippen LogP contribution in [0.4, 0.5) is 17.2 Å². The molecule has 2 heterocycles. The number of carbonyl (C=O) groups is 2. The van der Waals surface area contributed by atoms with Crippen molar-refractivity contribution in [1.29, 1.82) is 0 Å². The first-order chi connectivity index (χ1) is 16.6. The Morgan fingerprint density at radius 3 is 2.65 bits per heavy atom. The van der Waals surface area contributed by atoms with Gasteiger partial charge in [-0.05, 0) is 43.3 Å². The Labute approximate surface area is 197 Å². The van der Waals surface area contributed by atoms with Gasteiger partial charge in [-0.2, -0.15) is 0 Å². The third-order valence-electron chi connectivity index (χ3n) is 5.23. The molecule has 0 bridgehead atoms. The van der Waals surface area contributed by atoms with Crippen LogP contribution in [0.5, 0.6) is 17.2 Å². The van der Waals surface area contributed by atoms with E-state index in [0.717, 1.165) is 0 Å². The van der Waals surface area contributed by atoms with E-state index in [1.165, 1.54) is 4.90 Å². The predicted molar refractivity (Wildman–Crippen MR) is 128 cm³/mol. The standard InChI is InChI=1S/C25H26N4O5/c1-3-29(16-23(30)27-17-10-11-21-22(15-17)34-14-13-33-21)25(31)18-7-6-12-26-24(18)28-19-8-4-5-9-20(19)32-2/h4-12,15H,3,13-14,16H2,1-2H3,(H,26,28)(H,27,30). The van der Waals surface area contributed by atoms with Crippen LogP contribution in [0.3, 0.4) is 0 Å². The Balaban J connectivity index is 1.47. The summed E-state index contributed by atoms with van der Waals surface area (Å²) in [5, 5.41) is 5.98. The first-order valence-corrected chi connectivity index (χ1v) is 10.9. The van der Waals surface area contributed by atoms with E-state index in [-0.39, 0.29) is 18.4 Å². The Morgan fingerprint density at radius 2 is 1.85 bits per heavy atom. The predicted octanol–water partition coefficient (Wildman–Crippen LogP) is 3.71. The van der Waals surface area contributed by atoms with Crippen LogP contribution in [0.1, 0.15) is 17.3 Å². The number of amides is 2. The maximum Gasteiger partial charge on any atom is 0.258 e. The van der Waals surface area contributed by atoms with E-state index in [4.69, 9.17) is 14.2 Å². The fraction of sp³-hybridized carbons (Fsp3) is 0.240. The molecule has 0 atom stereocenters. The van der Waals surface area contributed by atoms with Crippen LogP contribution in [-0.2, 0) is 4.79 Å². The van der Waals surface area contributed by atoms with Gasteiger partial charge < -0.3 is 29.7 Å². The molecule has 9 nitrogen and oxygen atoms in total. The lowest BCUT2D eigenvalue weighted by Gasteiger charge is -2.22. The summed E-state index contributed by atoms with van der Waals surface area (Å²) in [5.74, 6) is 1.58. The lowest BCUT2D eigenvalue weighted by Crippen LogP contribution is -2.38. The summed E-state index contributed by atoms with van der Waals surface area (Å²) in [6.45, 7) is 3.00. The number of pyridine rings is 1. The fourth-order valence-corrected chi connectivity index (χ4v) is 3.55. The molecule has 2 amide bonds. The van der Waals surface area contributed by atoms with E-state index in [9.17, 15) is 9.59 Å². The van der Waals surface area contributed by atoms with Crippen LogP contribution in [0.25, 0.3) is 0 Å². The largest absolute Gasteiger partial charge is 0.495 e. The first kappa shape index (κ1) is 22.9. The third kappa shape index (κ3) is 5.20. The smallest absolute Gasteiger partial charge is 0.258 e. The molecular weight excluding hydrogens is 436 g/mol. The zero-order valence-corrected chi connectivity index (χ0v) is 19.0. The molecule has 3 aromatic rings. The van der Waals surface area contributed by atoms with Gasteiger partial charge in [-0.3, -0.25) is 9.59 Å². The summed E-state index contributed by atoms with van der Waals surface area (Å²) in [4.78, 5) is 31.8. The van der Waals surface area contributed by atoms with Gasteiger partial charge in [0.25, 0.3) is 5.91 Å². The average molecular weight is 463 g/mol. The quantitative estimate of drug-likeness (QED) is 0.526. The average Bonchev–Trinajstić information content (AvgIpc) is 2.87. The van der Waals surface area contributed by atoms with Crippen LogP contribution in [0.2, 0.25) is 0 Å². The number of benzene rings is 2. The SMILES string of the molecule is CCN(CC(=O)Nc1ccc2c(c1)OCCO2)C(=O)c1cccnc1Nc1ccccc1OC. The minimum Gasteiger partial charge on any atom is -0.495 e. The van der Waals surface area contributed by atoms with E-state index >= 15 is 0 Å². The molecule has 34 heavy (non-hydrogen) atoms. The molecule has 0 unspecified atom stereocenters. The van der Waals surface area contributed by atoms with Crippen molar-refractivity contribution in [1.82, 2.24) is 9.88 Å². The molecule has 1 aromatic heterocycles. The number of carbonyl (C=O) groups excluding carboxylic acids is 2. The molecule has 1 aliphatic heterocycles. The first-order valence-electron chi connectivity index (χ1n) is 10.9. The van der Waals surface area contributed by atoms with Crippen molar-refractivity contribution in [3.63, 3.8) is 0 Å². The molecule has 1 aliphatic rings. The third-order valence-corrected chi connectivity index (χ3v) is 5.23. The van der Waals surface area contributed by atoms with Crippen molar-refractivity contribution in [2.75, 3.05) is 44.0 Å². The summed E-state index contributed by atoms with van der Waals surface area (Å²) in [6, 6.07) is 15.9. The highest BCUT2D eigenvalue weighted by molar-refractivity contribution is 6.02. The monoisotopic (exact) mass is 462 g/mol. The molecule has 0 saturated carbocycles. The highest BCUT2D eigenvalue weighted by atomic mass is 16.6. The Bertz CT molecular complexity index is 1180. The molecule has 0 aliphatic carbocycles. The molecule has 2 aromatic carbocycles. The number of ether oxygens (including phenoxy) is 3. The number of hydrogen-bond donors (Lipinski definition) is 2. The Kier molecular flexibility index (Phi) is 7.12. The highest BCUT2D eigenvalue weighted by Gasteiger charge is 2.22. The molecule has 0 fully saturated rings. The number of aromatic nitrogens is 1. The second-order valence-corrected chi connectivity index (χ2v) is 7.45. The molecule has 176 valence electrons. The Hall–Kier alpha value is -4.27. The van der Waals surface area contributed by atoms with Gasteiger partial charge in [-0.1, -0.05) is 12.1 Å². The van der Waals surface area contributed by atoms with Crippen molar-refractivity contribution < 1.29 is 23.8 Å². The van der Waals surface area contributed by atoms with E-state index in [1.54, 1.807) is 43.6 Å². The fourth-order valence-electron chi connectivity index (χ4n) is 3.55. The van der Waals surface area contributed by atoms with E-state index in [1.807, 2.05) is 31.2 Å². The normalized spacial score (nSPS) is 11.9. The Morgan fingerprint density at radius 1 is 1.06 bits per heavy atom. The van der Waals surface area contributed by atoms with Gasteiger partial charge in [0.15, 0.2) is 11.5 Å². The number of nitrogens with zero attached hydrogens (tertiary/aromatic N) is 2. The van der Waals surface area contributed by atoms with Crippen LogP contribution in [0, 0.1) is 0 Å². The summed E-state index contributed by atoms with van der Waals surface area (Å²) < 4.78 is 16.4. The van der Waals surface area contributed by atoms with Crippen molar-refractivity contribution in [2.45, 2.75) is 6.92 Å². The maximum atomic E-state index is 13.3. The lowest BCUT2D eigenvalue weighted by molar-refractivity contribution is -0.116. The summed E-state index contributed by atoms with van der Waals surface area (Å²) >= 11 is 0. The van der Waals surface area contributed by atoms with Crippen molar-refractivity contribution in [2.24, 2.45) is 0 Å². The van der Waals surface area contributed by atoms with Crippen LogP contribution in [0.15, 0.2) is 60.8 Å². The number of likely N-dealkylation sites (N-methyl/N-ethyl adjacent to an activating group) is 1. The zero-order valence-electron chi connectivity index (χ0n) is 19.0. The minimum atomic E-state index is -0.324. The molecular formula is C25H26N4O5. The number of para-hydroxylation sites is 2. The number of fused-ring (bicyclic) bond motifs is 1. The van der Waals surface area contributed by atoms with Crippen LogP contribution >= 0.6 is 0 Å². The van der Waals surface area contributed by atoms with Crippen molar-refractivity contribution >= 4 is 29.0 Å². The number of hydrogen-bond acceptors (Lipinski definition) is 7. The topological polar surface area (TPSA) is 102 Å².